The van der Waals surface area contributed by atoms with Gasteiger partial charge in [0.2, 0.25) is 5.76 Å². The number of hydrogen-bond donors (Lipinski definition) is 0. The third-order valence-corrected chi connectivity index (χ3v) is 2.84. The maximum Gasteiger partial charge on any atom is 0.292 e. The van der Waals surface area contributed by atoms with Crippen molar-refractivity contribution in [3.8, 4) is 11.3 Å². The van der Waals surface area contributed by atoms with Gasteiger partial charge in [-0.3, -0.25) is 4.79 Å². The van der Waals surface area contributed by atoms with Crippen LogP contribution in [0.25, 0.3) is 11.3 Å². The minimum Gasteiger partial charge on any atom is -0.350 e. The molecule has 4 nitrogen and oxygen atoms in total. The highest BCUT2D eigenvalue weighted by atomic mass is 16.5. The summed E-state index contributed by atoms with van der Waals surface area (Å²) in [5.74, 6) is 0.173. The second-order valence-electron chi connectivity index (χ2n) is 3.92. The lowest BCUT2D eigenvalue weighted by Crippen LogP contribution is -2.30. The van der Waals surface area contributed by atoms with Gasteiger partial charge in [0, 0.05) is 24.7 Å². The van der Waals surface area contributed by atoms with Crippen molar-refractivity contribution in [1.82, 2.24) is 10.1 Å². The van der Waals surface area contributed by atoms with E-state index in [9.17, 15) is 4.79 Å². The zero-order valence-corrected chi connectivity index (χ0v) is 10.6. The highest BCUT2D eigenvalue weighted by molar-refractivity contribution is 5.92. The molecule has 0 unspecified atom stereocenters. The molecule has 0 spiro atoms. The van der Waals surface area contributed by atoms with Crippen molar-refractivity contribution in [2.24, 2.45) is 0 Å². The molecule has 1 amide bonds. The van der Waals surface area contributed by atoms with Crippen LogP contribution >= 0.6 is 0 Å². The molecule has 0 bridgehead atoms. The first-order valence-corrected chi connectivity index (χ1v) is 6.07. The van der Waals surface area contributed by atoms with Crippen LogP contribution in [0.1, 0.15) is 24.4 Å². The molecule has 0 radical (unpaired) electrons. The van der Waals surface area contributed by atoms with Gasteiger partial charge in [-0.2, -0.15) is 0 Å². The van der Waals surface area contributed by atoms with Crippen LogP contribution in [0.2, 0.25) is 0 Å². The van der Waals surface area contributed by atoms with Crippen molar-refractivity contribution in [2.75, 3.05) is 13.1 Å². The summed E-state index contributed by atoms with van der Waals surface area (Å²) in [6.45, 7) is 5.21. The normalized spacial score (nSPS) is 10.3. The van der Waals surface area contributed by atoms with E-state index >= 15 is 0 Å². The molecule has 4 heteroatoms. The number of nitrogens with zero attached hydrogens (tertiary/aromatic N) is 2. The van der Waals surface area contributed by atoms with Crippen LogP contribution in [0.4, 0.5) is 0 Å². The molecule has 0 saturated heterocycles. The molecule has 0 aliphatic heterocycles. The van der Waals surface area contributed by atoms with Gasteiger partial charge in [0.05, 0.1) is 0 Å². The zero-order chi connectivity index (χ0) is 13.0. The topological polar surface area (TPSA) is 46.3 Å². The van der Waals surface area contributed by atoms with E-state index in [2.05, 4.69) is 5.16 Å². The highest BCUT2D eigenvalue weighted by Gasteiger charge is 2.18. The number of hydrogen-bond acceptors (Lipinski definition) is 3. The smallest absolute Gasteiger partial charge is 0.292 e. The van der Waals surface area contributed by atoms with Gasteiger partial charge in [-0.25, -0.2) is 0 Å². The average molecular weight is 244 g/mol. The fourth-order valence-electron chi connectivity index (χ4n) is 1.79. The summed E-state index contributed by atoms with van der Waals surface area (Å²) in [6, 6.07) is 11.3. The first-order valence-electron chi connectivity index (χ1n) is 6.07. The lowest BCUT2D eigenvalue weighted by atomic mass is 10.1. The van der Waals surface area contributed by atoms with Gasteiger partial charge in [0.1, 0.15) is 5.69 Å². The zero-order valence-electron chi connectivity index (χ0n) is 10.6. The molecule has 0 atom stereocenters. The van der Waals surface area contributed by atoms with E-state index in [0.717, 1.165) is 5.56 Å². The molecule has 0 aliphatic rings. The maximum absolute atomic E-state index is 12.0. The van der Waals surface area contributed by atoms with E-state index < -0.39 is 0 Å². The predicted octanol–water partition coefficient (Wildman–Crippen LogP) is 2.82. The van der Waals surface area contributed by atoms with Gasteiger partial charge in [-0.1, -0.05) is 35.5 Å². The summed E-state index contributed by atoms with van der Waals surface area (Å²) in [4.78, 5) is 13.7. The maximum atomic E-state index is 12.0. The Morgan fingerprint density at radius 3 is 2.50 bits per heavy atom. The molecule has 0 saturated carbocycles. The quantitative estimate of drug-likeness (QED) is 0.830. The molecule has 94 valence electrons. The van der Waals surface area contributed by atoms with Gasteiger partial charge in [-0.15, -0.1) is 0 Å². The predicted molar refractivity (Wildman–Crippen MR) is 69.2 cm³/mol. The molecule has 0 fully saturated rings. The van der Waals surface area contributed by atoms with Crippen molar-refractivity contribution in [1.29, 1.82) is 0 Å². The van der Waals surface area contributed by atoms with Crippen LogP contribution in [0.5, 0.6) is 0 Å². The molecule has 1 heterocycles. The number of rotatable bonds is 4. The van der Waals surface area contributed by atoms with E-state index in [-0.39, 0.29) is 11.7 Å². The Hall–Kier alpha value is -2.10. The third kappa shape index (κ3) is 2.42. The fraction of sp³-hybridized carbons (Fsp3) is 0.286. The van der Waals surface area contributed by atoms with Gasteiger partial charge in [-0.05, 0) is 13.8 Å². The Balaban J connectivity index is 2.23. The number of benzene rings is 1. The van der Waals surface area contributed by atoms with Crippen LogP contribution in [0, 0.1) is 0 Å². The lowest BCUT2D eigenvalue weighted by molar-refractivity contribution is 0.0731. The Bertz CT molecular complexity index is 516. The van der Waals surface area contributed by atoms with Gasteiger partial charge in [0.15, 0.2) is 0 Å². The standard InChI is InChI=1S/C14H16N2O2/c1-3-16(4-2)14(17)13-10-12(15-18-13)11-8-6-5-7-9-11/h5-10H,3-4H2,1-2H3. The molecular weight excluding hydrogens is 228 g/mol. The molecule has 0 N–H and O–H groups in total. The van der Waals surface area contributed by atoms with Gasteiger partial charge < -0.3 is 9.42 Å². The van der Waals surface area contributed by atoms with Crippen molar-refractivity contribution in [3.63, 3.8) is 0 Å². The summed E-state index contributed by atoms with van der Waals surface area (Å²) in [5.41, 5.74) is 1.63. The van der Waals surface area contributed by atoms with Crippen molar-refractivity contribution in [3.05, 3.63) is 42.2 Å². The highest BCUT2D eigenvalue weighted by Crippen LogP contribution is 2.19. The van der Waals surface area contributed by atoms with Crippen molar-refractivity contribution < 1.29 is 9.32 Å². The number of carbonyl (C=O) groups is 1. The van der Waals surface area contributed by atoms with E-state index in [1.807, 2.05) is 44.2 Å². The Morgan fingerprint density at radius 1 is 1.22 bits per heavy atom. The SMILES string of the molecule is CCN(CC)C(=O)c1cc(-c2ccccc2)no1. The minimum atomic E-state index is -0.116. The first-order chi connectivity index (χ1) is 8.76. The Morgan fingerprint density at radius 2 is 1.89 bits per heavy atom. The van der Waals surface area contributed by atoms with E-state index in [0.29, 0.717) is 18.8 Å². The minimum absolute atomic E-state index is 0.116. The van der Waals surface area contributed by atoms with Crippen LogP contribution in [0.15, 0.2) is 40.9 Å². The Labute approximate surface area is 106 Å². The average Bonchev–Trinajstić information content (AvgIpc) is 2.90. The first kappa shape index (κ1) is 12.4. The van der Waals surface area contributed by atoms with E-state index in [4.69, 9.17) is 4.52 Å². The summed E-state index contributed by atoms with van der Waals surface area (Å²) in [7, 11) is 0. The van der Waals surface area contributed by atoms with Gasteiger partial charge >= 0.3 is 0 Å². The fourth-order valence-corrected chi connectivity index (χ4v) is 1.79. The monoisotopic (exact) mass is 244 g/mol. The molecule has 0 aliphatic carbocycles. The second kappa shape index (κ2) is 5.49. The molecule has 2 aromatic rings. The molecule has 18 heavy (non-hydrogen) atoms. The third-order valence-electron chi connectivity index (χ3n) is 2.84. The van der Waals surface area contributed by atoms with Crippen LogP contribution < -0.4 is 0 Å². The second-order valence-corrected chi connectivity index (χ2v) is 3.92. The molecule has 2 rings (SSSR count). The molecular formula is C14H16N2O2. The summed E-state index contributed by atoms with van der Waals surface area (Å²) >= 11 is 0. The van der Waals surface area contributed by atoms with Crippen molar-refractivity contribution in [2.45, 2.75) is 13.8 Å². The molecule has 1 aromatic carbocycles. The van der Waals surface area contributed by atoms with E-state index in [1.165, 1.54) is 0 Å². The Kier molecular flexibility index (Phi) is 3.77. The molecule has 1 aromatic heterocycles. The summed E-state index contributed by atoms with van der Waals surface area (Å²) in [5, 5.41) is 3.94. The number of carbonyl (C=O) groups excluding carboxylic acids is 1. The van der Waals surface area contributed by atoms with Crippen LogP contribution in [0.3, 0.4) is 0 Å². The lowest BCUT2D eigenvalue weighted by Gasteiger charge is -2.15. The summed E-state index contributed by atoms with van der Waals surface area (Å²) < 4.78 is 5.12. The number of aromatic nitrogens is 1. The largest absolute Gasteiger partial charge is 0.350 e. The van der Waals surface area contributed by atoms with Crippen LogP contribution in [-0.2, 0) is 0 Å². The van der Waals surface area contributed by atoms with Crippen LogP contribution in [-0.4, -0.2) is 29.1 Å². The number of amides is 1. The van der Waals surface area contributed by atoms with Crippen molar-refractivity contribution >= 4 is 5.91 Å². The van der Waals surface area contributed by atoms with Gasteiger partial charge in [0.25, 0.3) is 5.91 Å². The summed E-state index contributed by atoms with van der Waals surface area (Å²) in [6.07, 6.45) is 0. The van der Waals surface area contributed by atoms with E-state index in [1.54, 1.807) is 11.0 Å².